The number of rotatable bonds is 2. The summed E-state index contributed by atoms with van der Waals surface area (Å²) in [5.41, 5.74) is 9.80. The lowest BCUT2D eigenvalue weighted by Crippen LogP contribution is -2.51. The molecule has 0 amide bonds. The van der Waals surface area contributed by atoms with Crippen molar-refractivity contribution >= 4 is 8.56 Å². The lowest BCUT2D eigenvalue weighted by atomic mass is 11.5. The van der Waals surface area contributed by atoms with Crippen LogP contribution >= 0.6 is 0 Å². The first-order chi connectivity index (χ1) is 3.12. The van der Waals surface area contributed by atoms with Gasteiger partial charge in [0.15, 0.2) is 0 Å². The highest BCUT2D eigenvalue weighted by Crippen LogP contribution is 1.80. The molecule has 0 radical (unpaired) electrons. The number of hydrogen-bond acceptors (Lipinski definition) is 4. The van der Waals surface area contributed by atoms with Crippen LogP contribution in [0.3, 0.4) is 0 Å². The molecule has 0 atom stereocenters. The zero-order valence-electron chi connectivity index (χ0n) is 3.96. The summed E-state index contributed by atoms with van der Waals surface area (Å²) >= 11 is 0. The van der Waals surface area contributed by atoms with Crippen LogP contribution in [0.25, 0.3) is 0 Å². The molecule has 0 aliphatic heterocycles. The van der Waals surface area contributed by atoms with Crippen molar-refractivity contribution in [3.8, 4) is 0 Å². The second-order valence-electron chi connectivity index (χ2n) is 1.39. The van der Waals surface area contributed by atoms with Gasteiger partial charge in [-0.1, -0.05) is 0 Å². The molecule has 0 heterocycles. The van der Waals surface area contributed by atoms with E-state index in [0.717, 1.165) is 0 Å². The van der Waals surface area contributed by atoms with Crippen molar-refractivity contribution in [2.45, 2.75) is 0 Å². The van der Waals surface area contributed by atoms with Crippen LogP contribution in [0, 0.1) is 0 Å². The Balaban J connectivity index is 3.36. The summed E-state index contributed by atoms with van der Waals surface area (Å²) < 4.78 is 0. The third kappa shape index (κ3) is 2.72. The fourth-order valence-corrected chi connectivity index (χ4v) is 0.250. The lowest BCUT2D eigenvalue weighted by Gasteiger charge is -2.10. The molecule has 0 saturated heterocycles. The summed E-state index contributed by atoms with van der Waals surface area (Å²) in [5, 5.41) is 0. The summed E-state index contributed by atoms with van der Waals surface area (Å²) in [5.74, 6) is 0. The van der Waals surface area contributed by atoms with Gasteiger partial charge in [0.2, 0.25) is 0 Å². The molecular weight excluding hydrogens is 112 g/mol. The molecule has 0 aliphatic carbocycles. The van der Waals surface area contributed by atoms with E-state index in [-0.39, 0.29) is 12.3 Å². The molecule has 5 heteroatoms. The Labute approximate surface area is 43.0 Å². The van der Waals surface area contributed by atoms with Gasteiger partial charge < -0.3 is 21.1 Å². The van der Waals surface area contributed by atoms with Gasteiger partial charge in [-0.15, -0.1) is 0 Å². The standard InChI is InChI=1S/C2H10N2O2Si/c3-1-7(5,6)2-4/h5-6H,1-4H2. The van der Waals surface area contributed by atoms with Crippen molar-refractivity contribution < 1.29 is 9.59 Å². The van der Waals surface area contributed by atoms with Crippen LogP contribution in [0.2, 0.25) is 0 Å². The van der Waals surface area contributed by atoms with Crippen molar-refractivity contribution in [2.75, 3.05) is 12.3 Å². The Morgan fingerprint density at radius 3 is 1.43 bits per heavy atom. The molecule has 6 N–H and O–H groups in total. The van der Waals surface area contributed by atoms with E-state index < -0.39 is 8.56 Å². The first-order valence-electron chi connectivity index (χ1n) is 1.97. The van der Waals surface area contributed by atoms with Crippen LogP contribution < -0.4 is 11.5 Å². The fraction of sp³-hybridized carbons (Fsp3) is 1.00. The van der Waals surface area contributed by atoms with Crippen molar-refractivity contribution in [1.82, 2.24) is 0 Å². The highest BCUT2D eigenvalue weighted by molar-refractivity contribution is 6.64. The quantitative estimate of drug-likeness (QED) is 0.302. The predicted octanol–water partition coefficient (Wildman–Crippen LogP) is -2.59. The van der Waals surface area contributed by atoms with Gasteiger partial charge in [0.25, 0.3) is 0 Å². The van der Waals surface area contributed by atoms with E-state index >= 15 is 0 Å². The summed E-state index contributed by atoms with van der Waals surface area (Å²) in [6.45, 7) is 0. The molecule has 0 aliphatic rings. The second-order valence-corrected chi connectivity index (χ2v) is 4.17. The fourth-order valence-electron chi connectivity index (χ4n) is 0.0833. The van der Waals surface area contributed by atoms with Gasteiger partial charge in [-0.3, -0.25) is 0 Å². The van der Waals surface area contributed by atoms with E-state index in [9.17, 15) is 0 Å². The molecule has 0 saturated carbocycles. The van der Waals surface area contributed by atoms with E-state index in [1.54, 1.807) is 0 Å². The first kappa shape index (κ1) is 7.06. The average Bonchev–Trinajstić information content (AvgIpc) is 1.68. The predicted molar refractivity (Wildman–Crippen MR) is 28.3 cm³/mol. The van der Waals surface area contributed by atoms with Gasteiger partial charge in [-0.2, -0.15) is 0 Å². The minimum Gasteiger partial charge on any atom is -0.409 e. The summed E-state index contributed by atoms with van der Waals surface area (Å²) in [4.78, 5) is 17.2. The highest BCUT2D eigenvalue weighted by atomic mass is 28.4. The molecular formula is C2H10N2O2Si. The Hall–Kier alpha value is 0.0569. The van der Waals surface area contributed by atoms with Crippen LogP contribution in [0.4, 0.5) is 0 Å². The summed E-state index contributed by atoms with van der Waals surface area (Å²) in [6, 6.07) is 0. The zero-order valence-corrected chi connectivity index (χ0v) is 4.96. The Kier molecular flexibility index (Phi) is 2.41. The smallest absolute Gasteiger partial charge is 0.360 e. The molecule has 0 bridgehead atoms. The molecule has 0 fully saturated rings. The Bertz CT molecular complexity index is 51.7. The second kappa shape index (κ2) is 2.39. The minimum absolute atomic E-state index is 0.0799. The van der Waals surface area contributed by atoms with Gasteiger partial charge in [0.1, 0.15) is 0 Å². The van der Waals surface area contributed by atoms with Crippen LogP contribution in [0.5, 0.6) is 0 Å². The van der Waals surface area contributed by atoms with Gasteiger partial charge in [-0.05, 0) is 0 Å². The third-order valence-electron chi connectivity index (χ3n) is 0.654. The molecule has 4 nitrogen and oxygen atoms in total. The minimum atomic E-state index is -3.10. The van der Waals surface area contributed by atoms with Gasteiger partial charge in [0.05, 0.1) is 0 Å². The van der Waals surface area contributed by atoms with E-state index in [4.69, 9.17) is 21.1 Å². The van der Waals surface area contributed by atoms with Gasteiger partial charge in [-0.25, -0.2) is 0 Å². The largest absolute Gasteiger partial charge is 0.409 e. The van der Waals surface area contributed by atoms with Crippen LogP contribution in [-0.2, 0) is 0 Å². The Morgan fingerprint density at radius 1 is 1.14 bits per heavy atom. The van der Waals surface area contributed by atoms with E-state index in [0.29, 0.717) is 0 Å². The maximum absolute atomic E-state index is 8.58. The van der Waals surface area contributed by atoms with Crippen molar-refractivity contribution in [3.63, 3.8) is 0 Å². The number of nitrogens with two attached hydrogens (primary N) is 2. The maximum Gasteiger partial charge on any atom is 0.360 e. The van der Waals surface area contributed by atoms with Gasteiger partial charge >= 0.3 is 8.56 Å². The van der Waals surface area contributed by atoms with Crippen LogP contribution in [0.1, 0.15) is 0 Å². The number of hydrogen-bond donors (Lipinski definition) is 4. The molecule has 0 aromatic rings. The first-order valence-corrected chi connectivity index (χ1v) is 4.28. The van der Waals surface area contributed by atoms with Crippen molar-refractivity contribution in [2.24, 2.45) is 11.5 Å². The van der Waals surface area contributed by atoms with E-state index in [1.165, 1.54) is 0 Å². The van der Waals surface area contributed by atoms with Crippen LogP contribution in [0.15, 0.2) is 0 Å². The van der Waals surface area contributed by atoms with Gasteiger partial charge in [0, 0.05) is 12.3 Å². The molecule has 7 heavy (non-hydrogen) atoms. The monoisotopic (exact) mass is 122 g/mol. The Morgan fingerprint density at radius 2 is 1.43 bits per heavy atom. The van der Waals surface area contributed by atoms with Crippen molar-refractivity contribution in [1.29, 1.82) is 0 Å². The zero-order chi connectivity index (χ0) is 5.91. The normalized spacial score (nSPS) is 12.0. The maximum atomic E-state index is 8.58. The van der Waals surface area contributed by atoms with E-state index in [2.05, 4.69) is 0 Å². The lowest BCUT2D eigenvalue weighted by molar-refractivity contribution is 0.362. The highest BCUT2D eigenvalue weighted by Gasteiger charge is 2.23. The molecule has 0 rings (SSSR count). The molecule has 0 aromatic heterocycles. The third-order valence-corrected chi connectivity index (χ3v) is 1.96. The topological polar surface area (TPSA) is 92.5 Å². The molecule has 0 aromatic carbocycles. The van der Waals surface area contributed by atoms with E-state index in [1.807, 2.05) is 0 Å². The molecule has 0 unspecified atom stereocenters. The molecule has 44 valence electrons. The van der Waals surface area contributed by atoms with Crippen molar-refractivity contribution in [3.05, 3.63) is 0 Å². The molecule has 0 spiro atoms. The summed E-state index contributed by atoms with van der Waals surface area (Å²) in [7, 11) is -3.10. The summed E-state index contributed by atoms with van der Waals surface area (Å²) in [6.07, 6.45) is -0.160. The average molecular weight is 122 g/mol. The SMILES string of the molecule is NC[Si](O)(O)CN. The van der Waals surface area contributed by atoms with Crippen LogP contribution in [-0.4, -0.2) is 30.5 Å².